The number of benzene rings is 1. The Labute approximate surface area is 248 Å². The molecule has 0 radical (unpaired) electrons. The van der Waals surface area contributed by atoms with Gasteiger partial charge in [-0.05, 0) is 32.9 Å². The van der Waals surface area contributed by atoms with Crippen molar-refractivity contribution in [3.8, 4) is 5.75 Å². The highest BCUT2D eigenvalue weighted by atomic mass is 32.2. The number of thiazole rings is 1. The van der Waals surface area contributed by atoms with Gasteiger partial charge in [0.2, 0.25) is 6.79 Å². The Kier molecular flexibility index (Phi) is 9.36. The maximum Gasteiger partial charge on any atom is 0.358 e. The minimum Gasteiger partial charge on any atom is -0.489 e. The number of carbonyl (C=O) groups is 4. The highest BCUT2D eigenvalue weighted by Gasteiger charge is 2.55. The number of hydrogen-bond donors (Lipinski definition) is 2. The van der Waals surface area contributed by atoms with Crippen LogP contribution >= 0.6 is 23.1 Å². The summed E-state index contributed by atoms with van der Waals surface area (Å²) in [6.07, 6.45) is 0. The van der Waals surface area contributed by atoms with Crippen molar-refractivity contribution >= 4 is 57.7 Å². The number of carbonyl (C=O) groups excluding carboxylic acids is 4. The number of nitrogen functional groups attached to an aromatic ring is 1. The summed E-state index contributed by atoms with van der Waals surface area (Å²) in [6, 6.07) is 4.43. The lowest BCUT2D eigenvalue weighted by Crippen LogP contribution is -2.71. The lowest BCUT2D eigenvalue weighted by molar-refractivity contribution is -0.173. The van der Waals surface area contributed by atoms with E-state index in [1.807, 2.05) is 0 Å². The Hall–Kier alpha value is -4.18. The summed E-state index contributed by atoms with van der Waals surface area (Å²) in [5.74, 6) is -2.93. The molecule has 3 N–H and O–H groups in total. The average Bonchev–Trinajstić information content (AvgIpc) is 3.37. The molecule has 1 aromatic carbocycles. The van der Waals surface area contributed by atoms with Crippen molar-refractivity contribution in [1.82, 2.24) is 15.2 Å². The monoisotopic (exact) mass is 621 g/mol. The summed E-state index contributed by atoms with van der Waals surface area (Å²) in [5.41, 5.74) is 5.10. The predicted molar refractivity (Wildman–Crippen MR) is 151 cm³/mol. The SMILES string of the molecule is CO/N=C(\C(=O)NC1C(=O)N2C(C(=O)OCOC(=O)C(C)(C)C)=C(COc3cccc(F)c3)CS[C@H]12)c1csc(N)n1. The van der Waals surface area contributed by atoms with Crippen LogP contribution in [0.4, 0.5) is 9.52 Å². The summed E-state index contributed by atoms with van der Waals surface area (Å²) in [4.78, 5) is 61.7. The topological polar surface area (TPSA) is 172 Å². The quantitative estimate of drug-likeness (QED) is 0.131. The standard InChI is InChI=1S/C26H28FN5O8S2/c1-26(2,3)24(36)40-12-39-23(35)19-13(9-38-15-7-5-6-14(27)8-15)10-41-22-18(21(34)32(19)22)30-20(33)17(31-37-4)16-11-42-25(28)29-16/h5-8,11,18,22H,9-10,12H2,1-4H3,(H2,28,29)(H,30,33)/b31-17-/t18?,22-/m1/s1. The van der Waals surface area contributed by atoms with Crippen LogP contribution in [0.15, 0.2) is 46.1 Å². The van der Waals surface area contributed by atoms with Crippen LogP contribution in [0.5, 0.6) is 5.75 Å². The number of hydrogen-bond acceptors (Lipinski definition) is 13. The molecule has 13 nitrogen and oxygen atoms in total. The van der Waals surface area contributed by atoms with Crippen molar-refractivity contribution in [2.24, 2.45) is 10.6 Å². The van der Waals surface area contributed by atoms with Crippen LogP contribution in [0.1, 0.15) is 26.5 Å². The number of amides is 2. The Morgan fingerprint density at radius 1 is 1.26 bits per heavy atom. The summed E-state index contributed by atoms with van der Waals surface area (Å²) < 4.78 is 29.5. The second-order valence-electron chi connectivity index (χ2n) is 9.98. The van der Waals surface area contributed by atoms with Gasteiger partial charge in [0.05, 0.1) is 5.41 Å². The number of nitrogens with two attached hydrogens (primary N) is 1. The van der Waals surface area contributed by atoms with Crippen molar-refractivity contribution in [3.05, 3.63) is 52.4 Å². The van der Waals surface area contributed by atoms with E-state index in [1.165, 1.54) is 47.4 Å². The molecule has 1 unspecified atom stereocenters. The second-order valence-corrected chi connectivity index (χ2v) is 12.0. The number of anilines is 1. The Morgan fingerprint density at radius 3 is 2.67 bits per heavy atom. The van der Waals surface area contributed by atoms with Gasteiger partial charge in [-0.1, -0.05) is 11.2 Å². The Bertz CT molecular complexity index is 1450. The molecule has 0 spiro atoms. The first-order chi connectivity index (χ1) is 19.9. The van der Waals surface area contributed by atoms with Gasteiger partial charge in [0.25, 0.3) is 11.8 Å². The normalized spacial score (nSPS) is 18.5. The number of ether oxygens (including phenoxy) is 3. The highest BCUT2D eigenvalue weighted by molar-refractivity contribution is 8.00. The van der Waals surface area contributed by atoms with E-state index in [9.17, 15) is 23.6 Å². The van der Waals surface area contributed by atoms with Crippen LogP contribution in [-0.4, -0.2) is 77.0 Å². The molecule has 2 aromatic rings. The number of rotatable bonds is 10. The van der Waals surface area contributed by atoms with Crippen LogP contribution in [-0.2, 0) is 33.5 Å². The molecule has 1 saturated heterocycles. The molecule has 42 heavy (non-hydrogen) atoms. The van der Waals surface area contributed by atoms with Gasteiger partial charge in [-0.15, -0.1) is 23.1 Å². The molecule has 2 aliphatic rings. The van der Waals surface area contributed by atoms with Crippen molar-refractivity contribution in [2.75, 3.05) is 32.0 Å². The zero-order chi connectivity index (χ0) is 30.6. The average molecular weight is 622 g/mol. The third-order valence-electron chi connectivity index (χ3n) is 5.89. The Balaban J connectivity index is 1.53. The maximum absolute atomic E-state index is 13.6. The van der Waals surface area contributed by atoms with Crippen LogP contribution in [0.25, 0.3) is 0 Å². The van der Waals surface area contributed by atoms with Gasteiger partial charge in [0, 0.05) is 22.8 Å². The fourth-order valence-corrected chi connectivity index (χ4v) is 5.71. The van der Waals surface area contributed by atoms with Crippen molar-refractivity contribution in [3.63, 3.8) is 0 Å². The molecule has 2 amide bonds. The van der Waals surface area contributed by atoms with E-state index in [0.717, 1.165) is 11.3 Å². The van der Waals surface area contributed by atoms with Gasteiger partial charge in [-0.3, -0.25) is 19.3 Å². The lowest BCUT2D eigenvalue weighted by Gasteiger charge is -2.49. The van der Waals surface area contributed by atoms with E-state index < -0.39 is 53.2 Å². The first kappa shape index (κ1) is 30.8. The number of esters is 2. The molecule has 4 rings (SSSR count). The van der Waals surface area contributed by atoms with Gasteiger partial charge in [0.15, 0.2) is 10.8 Å². The predicted octanol–water partition coefficient (Wildman–Crippen LogP) is 2.04. The molecule has 16 heteroatoms. The van der Waals surface area contributed by atoms with Crippen LogP contribution < -0.4 is 15.8 Å². The second kappa shape index (κ2) is 12.8. The van der Waals surface area contributed by atoms with E-state index in [0.29, 0.717) is 5.57 Å². The van der Waals surface area contributed by atoms with E-state index in [2.05, 4.69) is 15.5 Å². The van der Waals surface area contributed by atoms with Crippen molar-refractivity contribution in [1.29, 1.82) is 0 Å². The van der Waals surface area contributed by atoms with Gasteiger partial charge < -0.3 is 30.1 Å². The van der Waals surface area contributed by atoms with E-state index in [1.54, 1.807) is 26.8 Å². The molecule has 0 bridgehead atoms. The maximum atomic E-state index is 13.6. The summed E-state index contributed by atoms with van der Waals surface area (Å²) in [5, 5.41) is 7.39. The number of oxime groups is 1. The number of halogens is 1. The number of β-lactam (4-membered cyclic amide) rings is 1. The number of fused-ring (bicyclic) bond motifs is 1. The fourth-order valence-electron chi connectivity index (χ4n) is 3.83. The number of nitrogens with zero attached hydrogens (tertiary/aromatic N) is 3. The summed E-state index contributed by atoms with van der Waals surface area (Å²) >= 11 is 2.37. The van der Waals surface area contributed by atoms with Crippen LogP contribution in [0, 0.1) is 11.2 Å². The molecule has 1 aromatic heterocycles. The molecular formula is C26H28FN5O8S2. The van der Waals surface area contributed by atoms with E-state index >= 15 is 0 Å². The van der Waals surface area contributed by atoms with Gasteiger partial charge in [-0.25, -0.2) is 14.2 Å². The minimum absolute atomic E-state index is 0.115. The first-order valence-corrected chi connectivity index (χ1v) is 14.4. The smallest absolute Gasteiger partial charge is 0.358 e. The van der Waals surface area contributed by atoms with E-state index in [4.69, 9.17) is 24.8 Å². The Morgan fingerprint density at radius 2 is 2.02 bits per heavy atom. The number of thioether (sulfide) groups is 1. The number of nitrogens with one attached hydrogen (secondary N) is 1. The highest BCUT2D eigenvalue weighted by Crippen LogP contribution is 2.41. The van der Waals surface area contributed by atoms with Crippen molar-refractivity contribution in [2.45, 2.75) is 32.2 Å². The molecule has 1 fully saturated rings. The molecule has 2 atom stereocenters. The third kappa shape index (κ3) is 6.82. The van der Waals surface area contributed by atoms with Gasteiger partial charge in [-0.2, -0.15) is 0 Å². The molecule has 3 heterocycles. The molecule has 2 aliphatic heterocycles. The zero-order valence-electron chi connectivity index (χ0n) is 23.0. The fraction of sp³-hybridized carbons (Fsp3) is 0.385. The van der Waals surface area contributed by atoms with E-state index in [-0.39, 0.29) is 40.3 Å². The van der Waals surface area contributed by atoms with Gasteiger partial charge in [0.1, 0.15) is 48.1 Å². The molecule has 0 aliphatic carbocycles. The number of aromatic nitrogens is 1. The largest absolute Gasteiger partial charge is 0.489 e. The summed E-state index contributed by atoms with van der Waals surface area (Å²) in [6.45, 7) is 4.09. The molecule has 0 saturated carbocycles. The van der Waals surface area contributed by atoms with Crippen LogP contribution in [0.2, 0.25) is 0 Å². The summed E-state index contributed by atoms with van der Waals surface area (Å²) in [7, 11) is 1.26. The van der Waals surface area contributed by atoms with Gasteiger partial charge >= 0.3 is 11.9 Å². The zero-order valence-corrected chi connectivity index (χ0v) is 24.7. The van der Waals surface area contributed by atoms with Crippen LogP contribution in [0.3, 0.4) is 0 Å². The minimum atomic E-state index is -1.02. The lowest BCUT2D eigenvalue weighted by atomic mass is 9.98. The van der Waals surface area contributed by atoms with Crippen molar-refractivity contribution < 1.29 is 42.6 Å². The first-order valence-electron chi connectivity index (χ1n) is 12.4. The third-order valence-corrected chi connectivity index (χ3v) is 7.90. The molecular weight excluding hydrogens is 593 g/mol. The molecule has 224 valence electrons.